The van der Waals surface area contributed by atoms with Gasteiger partial charge in [0, 0.05) is 24.5 Å². The zero-order chi connectivity index (χ0) is 13.7. The number of amides is 1. The maximum atomic E-state index is 12.1. The summed E-state index contributed by atoms with van der Waals surface area (Å²) in [5.74, 6) is 0.926. The van der Waals surface area contributed by atoms with Crippen LogP contribution in [0, 0.1) is 5.92 Å². The fourth-order valence-corrected chi connectivity index (χ4v) is 2.92. The van der Waals surface area contributed by atoms with Crippen molar-refractivity contribution in [3.05, 3.63) is 34.3 Å². The molecule has 2 rings (SSSR count). The summed E-state index contributed by atoms with van der Waals surface area (Å²) in [6, 6.07) is 8.11. The van der Waals surface area contributed by atoms with Gasteiger partial charge in [0.2, 0.25) is 5.91 Å². The summed E-state index contributed by atoms with van der Waals surface area (Å²) in [5.41, 5.74) is 1.16. The maximum Gasteiger partial charge on any atom is 0.222 e. The molecule has 1 fully saturated rings. The van der Waals surface area contributed by atoms with Crippen LogP contribution in [0.1, 0.15) is 24.8 Å². The fraction of sp³-hybridized carbons (Fsp3) is 0.533. The minimum Gasteiger partial charge on any atom is -0.341 e. The molecule has 1 N–H and O–H groups in total. The Kier molecular flexibility index (Phi) is 5.40. The number of benzene rings is 1. The molecule has 1 amide bonds. The molecule has 0 saturated carbocycles. The van der Waals surface area contributed by atoms with Crippen molar-refractivity contribution < 1.29 is 4.79 Å². The number of nitrogens with zero attached hydrogens (tertiary/aromatic N) is 1. The molecule has 0 aliphatic carbocycles. The van der Waals surface area contributed by atoms with Crippen LogP contribution in [0.3, 0.4) is 0 Å². The summed E-state index contributed by atoms with van der Waals surface area (Å²) in [6.45, 7) is 2.86. The highest BCUT2D eigenvalue weighted by Crippen LogP contribution is 2.16. The van der Waals surface area contributed by atoms with Crippen molar-refractivity contribution in [1.82, 2.24) is 10.2 Å². The topological polar surface area (TPSA) is 32.3 Å². The van der Waals surface area contributed by atoms with Gasteiger partial charge < -0.3 is 10.2 Å². The SMILES string of the molecule is CN(Cc1cccc(Br)c1)C(=O)CCC1CCNC1. The Hall–Kier alpha value is -0.870. The predicted molar refractivity (Wildman–Crippen MR) is 80.8 cm³/mol. The van der Waals surface area contributed by atoms with E-state index in [4.69, 9.17) is 0 Å². The van der Waals surface area contributed by atoms with Crippen molar-refractivity contribution in [3.63, 3.8) is 0 Å². The van der Waals surface area contributed by atoms with Crippen LogP contribution < -0.4 is 5.32 Å². The molecule has 0 aromatic heterocycles. The zero-order valence-corrected chi connectivity index (χ0v) is 12.9. The average molecular weight is 325 g/mol. The number of hydrogen-bond acceptors (Lipinski definition) is 2. The van der Waals surface area contributed by atoms with E-state index in [0.29, 0.717) is 18.9 Å². The van der Waals surface area contributed by atoms with Crippen LogP contribution >= 0.6 is 15.9 Å². The minimum atomic E-state index is 0.242. The number of rotatable bonds is 5. The molecule has 1 aliphatic rings. The lowest BCUT2D eigenvalue weighted by Gasteiger charge is -2.18. The summed E-state index contributed by atoms with van der Waals surface area (Å²) in [5, 5.41) is 3.34. The summed E-state index contributed by atoms with van der Waals surface area (Å²) >= 11 is 3.45. The summed E-state index contributed by atoms with van der Waals surface area (Å²) in [6.07, 6.45) is 2.88. The van der Waals surface area contributed by atoms with Gasteiger partial charge in [0.25, 0.3) is 0 Å². The monoisotopic (exact) mass is 324 g/mol. The Bertz CT molecular complexity index is 430. The molecule has 19 heavy (non-hydrogen) atoms. The number of carbonyl (C=O) groups excluding carboxylic acids is 1. The Morgan fingerprint density at radius 3 is 3.05 bits per heavy atom. The van der Waals surface area contributed by atoms with Gasteiger partial charge in [-0.05, 0) is 49.5 Å². The Labute approximate surface area is 123 Å². The number of halogens is 1. The van der Waals surface area contributed by atoms with Crippen LogP contribution in [0.5, 0.6) is 0 Å². The van der Waals surface area contributed by atoms with Crippen LogP contribution in [-0.4, -0.2) is 30.9 Å². The van der Waals surface area contributed by atoms with Gasteiger partial charge in [-0.25, -0.2) is 0 Å². The third-order valence-electron chi connectivity index (χ3n) is 3.66. The second-order valence-electron chi connectivity index (χ2n) is 5.28. The third kappa shape index (κ3) is 4.62. The normalized spacial score (nSPS) is 18.5. The van der Waals surface area contributed by atoms with Crippen molar-refractivity contribution >= 4 is 21.8 Å². The number of carbonyl (C=O) groups is 1. The van der Waals surface area contributed by atoms with Crippen molar-refractivity contribution in [2.45, 2.75) is 25.8 Å². The molecule has 104 valence electrons. The molecule has 1 heterocycles. The highest BCUT2D eigenvalue weighted by Gasteiger charge is 2.17. The zero-order valence-electron chi connectivity index (χ0n) is 11.4. The smallest absolute Gasteiger partial charge is 0.222 e. The van der Waals surface area contributed by atoms with Gasteiger partial charge in [0.05, 0.1) is 0 Å². The van der Waals surface area contributed by atoms with Crippen LogP contribution in [0.15, 0.2) is 28.7 Å². The third-order valence-corrected chi connectivity index (χ3v) is 4.16. The summed E-state index contributed by atoms with van der Waals surface area (Å²) in [4.78, 5) is 13.9. The van der Waals surface area contributed by atoms with E-state index in [9.17, 15) is 4.79 Å². The lowest BCUT2D eigenvalue weighted by Crippen LogP contribution is -2.26. The second kappa shape index (κ2) is 7.06. The molecule has 0 radical (unpaired) electrons. The number of hydrogen-bond donors (Lipinski definition) is 1. The molecule has 1 aromatic rings. The highest BCUT2D eigenvalue weighted by atomic mass is 79.9. The Morgan fingerprint density at radius 2 is 2.37 bits per heavy atom. The molecule has 1 atom stereocenters. The van der Waals surface area contributed by atoms with Gasteiger partial charge >= 0.3 is 0 Å². The summed E-state index contributed by atoms with van der Waals surface area (Å²) in [7, 11) is 1.89. The molecule has 0 spiro atoms. The highest BCUT2D eigenvalue weighted by molar-refractivity contribution is 9.10. The van der Waals surface area contributed by atoms with Gasteiger partial charge in [-0.1, -0.05) is 28.1 Å². The Balaban J connectivity index is 1.78. The first-order valence-corrected chi connectivity index (χ1v) is 7.63. The first-order valence-electron chi connectivity index (χ1n) is 6.84. The first-order chi connectivity index (χ1) is 9.15. The van der Waals surface area contributed by atoms with Gasteiger partial charge in [-0.2, -0.15) is 0 Å². The molecule has 1 saturated heterocycles. The van der Waals surface area contributed by atoms with Crippen LogP contribution in [-0.2, 0) is 11.3 Å². The van der Waals surface area contributed by atoms with E-state index in [1.165, 1.54) is 6.42 Å². The van der Waals surface area contributed by atoms with Crippen LogP contribution in [0.25, 0.3) is 0 Å². The molecule has 3 nitrogen and oxygen atoms in total. The molecule has 1 unspecified atom stereocenters. The van der Waals surface area contributed by atoms with Gasteiger partial charge in [-0.3, -0.25) is 4.79 Å². The number of nitrogens with one attached hydrogen (secondary N) is 1. The molecule has 4 heteroatoms. The fourth-order valence-electron chi connectivity index (χ4n) is 2.48. The molecular weight excluding hydrogens is 304 g/mol. The van der Waals surface area contributed by atoms with Crippen molar-refractivity contribution in [3.8, 4) is 0 Å². The van der Waals surface area contributed by atoms with E-state index in [0.717, 1.165) is 29.5 Å². The lowest BCUT2D eigenvalue weighted by atomic mass is 10.0. The Morgan fingerprint density at radius 1 is 1.53 bits per heavy atom. The standard InChI is InChI=1S/C15H21BrN2O/c1-18(11-13-3-2-4-14(16)9-13)15(19)6-5-12-7-8-17-10-12/h2-4,9,12,17H,5-8,10-11H2,1H3. The maximum absolute atomic E-state index is 12.1. The lowest BCUT2D eigenvalue weighted by molar-refractivity contribution is -0.130. The van der Waals surface area contributed by atoms with E-state index in [2.05, 4.69) is 33.4 Å². The molecule has 0 bridgehead atoms. The quantitative estimate of drug-likeness (QED) is 0.903. The van der Waals surface area contributed by atoms with E-state index >= 15 is 0 Å². The minimum absolute atomic E-state index is 0.242. The van der Waals surface area contributed by atoms with Crippen molar-refractivity contribution in [2.75, 3.05) is 20.1 Å². The van der Waals surface area contributed by atoms with E-state index in [1.54, 1.807) is 0 Å². The molecule has 1 aliphatic heterocycles. The van der Waals surface area contributed by atoms with E-state index in [1.807, 2.05) is 24.1 Å². The predicted octanol–water partition coefficient (Wildman–Crippen LogP) is 2.80. The van der Waals surface area contributed by atoms with Crippen LogP contribution in [0.4, 0.5) is 0 Å². The molecule has 1 aromatic carbocycles. The summed E-state index contributed by atoms with van der Waals surface area (Å²) < 4.78 is 1.06. The molecular formula is C15H21BrN2O. The van der Waals surface area contributed by atoms with Crippen molar-refractivity contribution in [1.29, 1.82) is 0 Å². The van der Waals surface area contributed by atoms with Crippen LogP contribution in [0.2, 0.25) is 0 Å². The average Bonchev–Trinajstić information content (AvgIpc) is 2.89. The first kappa shape index (κ1) is 14.5. The largest absolute Gasteiger partial charge is 0.341 e. The van der Waals surface area contributed by atoms with Gasteiger partial charge in [0.15, 0.2) is 0 Å². The van der Waals surface area contributed by atoms with Gasteiger partial charge in [0.1, 0.15) is 0 Å². The van der Waals surface area contributed by atoms with Gasteiger partial charge in [-0.15, -0.1) is 0 Å². The second-order valence-corrected chi connectivity index (χ2v) is 6.19. The van der Waals surface area contributed by atoms with Crippen molar-refractivity contribution in [2.24, 2.45) is 5.92 Å². The van der Waals surface area contributed by atoms with E-state index in [-0.39, 0.29) is 5.91 Å². The van der Waals surface area contributed by atoms with E-state index < -0.39 is 0 Å².